The summed E-state index contributed by atoms with van der Waals surface area (Å²) in [5.41, 5.74) is 1.97. The summed E-state index contributed by atoms with van der Waals surface area (Å²) in [6, 6.07) is 17.4. The monoisotopic (exact) mass is 382 g/mol. The minimum atomic E-state index is -0.0540. The average molecular weight is 382 g/mol. The number of hydrogen-bond donors (Lipinski definition) is 1. The molecule has 5 nitrogen and oxygen atoms in total. The van der Waals surface area contributed by atoms with Gasteiger partial charge in [0.2, 0.25) is 5.91 Å². The van der Waals surface area contributed by atoms with E-state index in [-0.39, 0.29) is 5.91 Å². The molecule has 1 aromatic heterocycles. The summed E-state index contributed by atoms with van der Waals surface area (Å²) in [7, 11) is 1.63. The van der Waals surface area contributed by atoms with E-state index in [0.717, 1.165) is 27.6 Å². The third kappa shape index (κ3) is 5.31. The van der Waals surface area contributed by atoms with Crippen LogP contribution < -0.4 is 14.8 Å². The van der Waals surface area contributed by atoms with Crippen molar-refractivity contribution in [2.45, 2.75) is 19.8 Å². The second kappa shape index (κ2) is 9.19. The van der Waals surface area contributed by atoms with Crippen molar-refractivity contribution < 1.29 is 14.3 Å². The van der Waals surface area contributed by atoms with Crippen LogP contribution in [0.25, 0.3) is 11.3 Å². The number of rotatable bonds is 8. The maximum atomic E-state index is 12.1. The van der Waals surface area contributed by atoms with E-state index in [0.29, 0.717) is 24.6 Å². The molecule has 0 saturated heterocycles. The summed E-state index contributed by atoms with van der Waals surface area (Å²) >= 11 is 1.49. The molecule has 0 saturated carbocycles. The van der Waals surface area contributed by atoms with Crippen LogP contribution in [0.4, 0.5) is 5.13 Å². The van der Waals surface area contributed by atoms with Gasteiger partial charge in [0.05, 0.1) is 19.4 Å². The second-order valence-electron chi connectivity index (χ2n) is 5.97. The number of methoxy groups -OCH3 is 1. The maximum Gasteiger partial charge on any atom is 0.226 e. The summed E-state index contributed by atoms with van der Waals surface area (Å²) in [4.78, 5) is 17.8. The van der Waals surface area contributed by atoms with Crippen molar-refractivity contribution in [2.24, 2.45) is 0 Å². The predicted molar refractivity (Wildman–Crippen MR) is 109 cm³/mol. The smallest absolute Gasteiger partial charge is 0.226 e. The fourth-order valence-electron chi connectivity index (χ4n) is 2.59. The van der Waals surface area contributed by atoms with E-state index in [9.17, 15) is 4.79 Å². The fraction of sp³-hybridized carbons (Fsp3) is 0.238. The lowest BCUT2D eigenvalue weighted by Gasteiger charge is -2.07. The Bertz CT molecular complexity index is 876. The molecule has 3 rings (SSSR count). The lowest BCUT2D eigenvalue weighted by molar-refractivity contribution is -0.116. The first kappa shape index (κ1) is 18.9. The molecule has 0 aliphatic heterocycles. The molecule has 1 heterocycles. The number of ether oxygens (including phenoxy) is 2. The number of carbonyl (C=O) groups is 1. The topological polar surface area (TPSA) is 60.5 Å². The van der Waals surface area contributed by atoms with Gasteiger partial charge in [-0.2, -0.15) is 0 Å². The molecule has 0 unspecified atom stereocenters. The Morgan fingerprint density at radius 3 is 2.48 bits per heavy atom. The first-order chi connectivity index (χ1) is 13.2. The number of amides is 1. The van der Waals surface area contributed by atoms with Crippen LogP contribution in [0.2, 0.25) is 0 Å². The van der Waals surface area contributed by atoms with Gasteiger partial charge in [0, 0.05) is 16.9 Å². The lowest BCUT2D eigenvalue weighted by atomic mass is 10.1. The van der Waals surface area contributed by atoms with Crippen LogP contribution >= 0.6 is 11.3 Å². The third-order valence-electron chi connectivity index (χ3n) is 3.97. The van der Waals surface area contributed by atoms with Gasteiger partial charge >= 0.3 is 0 Å². The van der Waals surface area contributed by atoms with Crippen molar-refractivity contribution in [3.05, 3.63) is 59.5 Å². The molecule has 27 heavy (non-hydrogen) atoms. The van der Waals surface area contributed by atoms with E-state index in [1.165, 1.54) is 11.3 Å². The van der Waals surface area contributed by atoms with E-state index < -0.39 is 0 Å². The number of anilines is 1. The third-order valence-corrected chi connectivity index (χ3v) is 4.85. The van der Waals surface area contributed by atoms with Crippen LogP contribution in [0.3, 0.4) is 0 Å². The van der Waals surface area contributed by atoms with Gasteiger partial charge in [-0.05, 0) is 37.6 Å². The van der Waals surface area contributed by atoms with Gasteiger partial charge in [-0.3, -0.25) is 4.79 Å². The van der Waals surface area contributed by atoms with E-state index >= 15 is 0 Å². The minimum absolute atomic E-state index is 0.0540. The summed E-state index contributed by atoms with van der Waals surface area (Å²) < 4.78 is 10.7. The van der Waals surface area contributed by atoms with Gasteiger partial charge < -0.3 is 14.8 Å². The molecule has 140 valence electrons. The summed E-state index contributed by atoms with van der Waals surface area (Å²) in [5.74, 6) is 1.50. The first-order valence-corrected chi connectivity index (χ1v) is 9.57. The second-order valence-corrected chi connectivity index (χ2v) is 7.17. The van der Waals surface area contributed by atoms with E-state index in [1.807, 2.05) is 61.5 Å². The zero-order valence-corrected chi connectivity index (χ0v) is 16.2. The number of nitrogens with one attached hydrogen (secondary N) is 1. The van der Waals surface area contributed by atoms with Gasteiger partial charge in [-0.1, -0.05) is 30.3 Å². The minimum Gasteiger partial charge on any atom is -0.497 e. The molecule has 0 fully saturated rings. The van der Waals surface area contributed by atoms with E-state index in [2.05, 4.69) is 10.3 Å². The van der Waals surface area contributed by atoms with Gasteiger partial charge in [0.1, 0.15) is 11.5 Å². The Kier molecular flexibility index (Phi) is 6.44. The molecule has 0 bridgehead atoms. The van der Waals surface area contributed by atoms with Crippen molar-refractivity contribution in [3.63, 3.8) is 0 Å². The fourth-order valence-corrected chi connectivity index (χ4v) is 3.44. The molecule has 1 N–H and O–H groups in total. The summed E-state index contributed by atoms with van der Waals surface area (Å²) in [6.07, 6.45) is 1.02. The quantitative estimate of drug-likeness (QED) is 0.562. The van der Waals surface area contributed by atoms with Gasteiger partial charge in [-0.15, -0.1) is 11.3 Å². The van der Waals surface area contributed by atoms with Crippen molar-refractivity contribution in [3.8, 4) is 22.8 Å². The maximum absolute atomic E-state index is 12.1. The number of thiazole rings is 1. The Morgan fingerprint density at radius 1 is 1.07 bits per heavy atom. The van der Waals surface area contributed by atoms with Crippen LogP contribution in [0.15, 0.2) is 54.6 Å². The molecule has 0 aliphatic rings. The highest BCUT2D eigenvalue weighted by molar-refractivity contribution is 7.16. The molecule has 3 aromatic rings. The largest absolute Gasteiger partial charge is 0.497 e. The molecule has 0 atom stereocenters. The van der Waals surface area contributed by atoms with Gasteiger partial charge in [0.25, 0.3) is 0 Å². The molecule has 0 radical (unpaired) electrons. The van der Waals surface area contributed by atoms with Crippen LogP contribution in [0, 0.1) is 6.92 Å². The van der Waals surface area contributed by atoms with Crippen LogP contribution in [0.5, 0.6) is 11.5 Å². The summed E-state index contributed by atoms with van der Waals surface area (Å²) in [5, 5.41) is 3.51. The highest BCUT2D eigenvalue weighted by Gasteiger charge is 2.11. The number of benzene rings is 2. The summed E-state index contributed by atoms with van der Waals surface area (Å²) in [6.45, 7) is 2.49. The van der Waals surface area contributed by atoms with Crippen LogP contribution in [-0.2, 0) is 4.79 Å². The molecular weight excluding hydrogens is 360 g/mol. The van der Waals surface area contributed by atoms with Gasteiger partial charge in [-0.25, -0.2) is 4.98 Å². The van der Waals surface area contributed by atoms with Crippen molar-refractivity contribution in [1.29, 1.82) is 0 Å². The highest BCUT2D eigenvalue weighted by atomic mass is 32.1. The van der Waals surface area contributed by atoms with Crippen molar-refractivity contribution >= 4 is 22.4 Å². The number of nitrogens with zero attached hydrogens (tertiary/aromatic N) is 1. The van der Waals surface area contributed by atoms with Crippen molar-refractivity contribution in [2.75, 3.05) is 19.0 Å². The van der Waals surface area contributed by atoms with Crippen LogP contribution in [0.1, 0.15) is 17.7 Å². The predicted octanol–water partition coefficient (Wildman–Crippen LogP) is 4.92. The Morgan fingerprint density at radius 2 is 1.78 bits per heavy atom. The molecular formula is C21H22N2O3S. The van der Waals surface area contributed by atoms with Crippen LogP contribution in [-0.4, -0.2) is 24.6 Å². The number of carbonyl (C=O) groups excluding carboxylic acids is 1. The molecule has 1 amide bonds. The molecule has 0 spiro atoms. The standard InChI is InChI=1S/C21H22N2O3S/c1-15-20(16-7-4-3-5-8-16)23-21(27-15)22-19(24)9-6-14-26-18-12-10-17(25-2)11-13-18/h3-5,7-8,10-13H,6,9,14H2,1-2H3,(H,22,23,24). The van der Waals surface area contributed by atoms with Crippen molar-refractivity contribution in [1.82, 2.24) is 4.98 Å². The molecule has 6 heteroatoms. The zero-order chi connectivity index (χ0) is 19.1. The lowest BCUT2D eigenvalue weighted by Crippen LogP contribution is -2.12. The van der Waals surface area contributed by atoms with E-state index in [4.69, 9.17) is 9.47 Å². The number of aryl methyl sites for hydroxylation is 1. The molecule has 0 aliphatic carbocycles. The van der Waals surface area contributed by atoms with E-state index in [1.54, 1.807) is 7.11 Å². The van der Waals surface area contributed by atoms with Gasteiger partial charge in [0.15, 0.2) is 5.13 Å². The Labute approximate surface area is 163 Å². The molecule has 2 aromatic carbocycles. The Hall–Kier alpha value is -2.86. The number of hydrogen-bond acceptors (Lipinski definition) is 5. The number of aromatic nitrogens is 1. The SMILES string of the molecule is COc1ccc(OCCCC(=O)Nc2nc(-c3ccccc3)c(C)s2)cc1. The zero-order valence-electron chi connectivity index (χ0n) is 15.4. The first-order valence-electron chi connectivity index (χ1n) is 8.75. The highest BCUT2D eigenvalue weighted by Crippen LogP contribution is 2.30. The average Bonchev–Trinajstić information content (AvgIpc) is 3.06. The normalized spacial score (nSPS) is 10.4. The Balaban J connectivity index is 1.45.